The quantitative estimate of drug-likeness (QED) is 0.607. The van der Waals surface area contributed by atoms with Crippen LogP contribution in [0.5, 0.6) is 0 Å². The van der Waals surface area contributed by atoms with E-state index in [4.69, 9.17) is 0 Å². The molecule has 0 bridgehead atoms. The first kappa shape index (κ1) is 19.2. The number of benzene rings is 1. The van der Waals surface area contributed by atoms with Crippen LogP contribution in [0.3, 0.4) is 0 Å². The highest BCUT2D eigenvalue weighted by atomic mass is 32.2. The average Bonchev–Trinajstić information content (AvgIpc) is 3.22. The molecule has 7 heteroatoms. The van der Waals surface area contributed by atoms with Gasteiger partial charge in [-0.25, -0.2) is 0 Å². The first-order valence-corrected chi connectivity index (χ1v) is 10.8. The standard InChI is InChI=1S/C20H15N3OS3/c1-14-7-9-26-17(14)11-18-19(24)23(20(27-18)15(12-21)13-22)8-10-25-16-5-3-2-4-6-16/h2-7,9,11H,8,10H2,1H3/b18-11-. The minimum absolute atomic E-state index is 0.0237. The summed E-state index contributed by atoms with van der Waals surface area (Å²) >= 11 is 4.41. The molecule has 0 saturated carbocycles. The average molecular weight is 410 g/mol. The van der Waals surface area contributed by atoms with Crippen molar-refractivity contribution in [1.29, 1.82) is 10.5 Å². The van der Waals surface area contributed by atoms with Crippen LogP contribution in [0.1, 0.15) is 10.4 Å². The van der Waals surface area contributed by atoms with Crippen molar-refractivity contribution >= 4 is 46.1 Å². The molecule has 0 unspecified atom stereocenters. The van der Waals surface area contributed by atoms with Gasteiger partial charge < -0.3 is 0 Å². The van der Waals surface area contributed by atoms with Crippen molar-refractivity contribution in [3.05, 3.63) is 71.8 Å². The molecule has 2 aromatic heterocycles. The first-order valence-electron chi connectivity index (χ1n) is 8.12. The van der Waals surface area contributed by atoms with Crippen LogP contribution in [0, 0.1) is 29.6 Å². The molecule has 0 saturated heterocycles. The minimum Gasteiger partial charge on any atom is -0.296 e. The lowest BCUT2D eigenvalue weighted by Crippen LogP contribution is -2.32. The van der Waals surface area contributed by atoms with Crippen LogP contribution < -0.4 is 14.8 Å². The van der Waals surface area contributed by atoms with E-state index >= 15 is 0 Å². The number of aromatic nitrogens is 1. The van der Waals surface area contributed by atoms with Gasteiger partial charge >= 0.3 is 0 Å². The second-order valence-electron chi connectivity index (χ2n) is 5.60. The van der Waals surface area contributed by atoms with Crippen molar-refractivity contribution in [3.63, 3.8) is 0 Å². The zero-order valence-electron chi connectivity index (χ0n) is 14.5. The molecule has 0 N–H and O–H groups in total. The lowest BCUT2D eigenvalue weighted by Gasteiger charge is -2.03. The van der Waals surface area contributed by atoms with E-state index in [1.807, 2.05) is 66.9 Å². The summed E-state index contributed by atoms with van der Waals surface area (Å²) in [7, 11) is 0. The maximum absolute atomic E-state index is 12.9. The predicted octanol–water partition coefficient (Wildman–Crippen LogP) is 3.10. The van der Waals surface area contributed by atoms with Crippen molar-refractivity contribution in [2.24, 2.45) is 0 Å². The van der Waals surface area contributed by atoms with Gasteiger partial charge in [0.25, 0.3) is 5.56 Å². The van der Waals surface area contributed by atoms with Crippen LogP contribution >= 0.6 is 34.4 Å². The number of hydrogen-bond acceptors (Lipinski definition) is 6. The summed E-state index contributed by atoms with van der Waals surface area (Å²) in [5.74, 6) is 0.676. The molecule has 2 heterocycles. The van der Waals surface area contributed by atoms with Gasteiger partial charge in [-0.2, -0.15) is 10.5 Å². The molecule has 0 atom stereocenters. The van der Waals surface area contributed by atoms with E-state index in [0.29, 0.717) is 21.5 Å². The van der Waals surface area contributed by atoms with Gasteiger partial charge in [-0.15, -0.1) is 34.4 Å². The van der Waals surface area contributed by atoms with Crippen molar-refractivity contribution in [2.45, 2.75) is 18.4 Å². The summed E-state index contributed by atoms with van der Waals surface area (Å²) in [6.07, 6.45) is 1.85. The molecule has 134 valence electrons. The van der Waals surface area contributed by atoms with Crippen LogP contribution in [0.15, 0.2) is 51.5 Å². The van der Waals surface area contributed by atoms with Crippen LogP contribution in [-0.2, 0) is 6.54 Å². The van der Waals surface area contributed by atoms with Crippen LogP contribution in [0.4, 0.5) is 0 Å². The summed E-state index contributed by atoms with van der Waals surface area (Å²) < 4.78 is 2.53. The molecule has 3 aromatic rings. The Labute approximate surface area is 169 Å². The third-order valence-electron chi connectivity index (χ3n) is 3.84. The van der Waals surface area contributed by atoms with Crippen LogP contribution in [0.25, 0.3) is 11.6 Å². The molecule has 3 rings (SSSR count). The van der Waals surface area contributed by atoms with Crippen molar-refractivity contribution < 1.29 is 0 Å². The van der Waals surface area contributed by atoms with E-state index in [1.54, 1.807) is 27.7 Å². The highest BCUT2D eigenvalue weighted by Crippen LogP contribution is 2.17. The SMILES string of the molecule is Cc1ccsc1/C=c1\sc(=C(C#N)C#N)n(CCSc2ccccc2)c1=O. The number of thiophene rings is 1. The molecule has 0 fully saturated rings. The first-order chi connectivity index (χ1) is 13.1. The Hall–Kier alpha value is -2.58. The largest absolute Gasteiger partial charge is 0.296 e. The topological polar surface area (TPSA) is 69.6 Å². The number of thioether (sulfide) groups is 1. The number of hydrogen-bond donors (Lipinski definition) is 0. The Bertz CT molecular complexity index is 1190. The molecule has 0 aliphatic rings. The lowest BCUT2D eigenvalue weighted by molar-refractivity contribution is 0.730. The van der Waals surface area contributed by atoms with Gasteiger partial charge in [0.2, 0.25) is 0 Å². The van der Waals surface area contributed by atoms with Gasteiger partial charge in [-0.1, -0.05) is 18.2 Å². The van der Waals surface area contributed by atoms with E-state index in [2.05, 4.69) is 0 Å². The van der Waals surface area contributed by atoms with E-state index in [9.17, 15) is 15.3 Å². The Morgan fingerprint density at radius 2 is 1.96 bits per heavy atom. The van der Waals surface area contributed by atoms with Gasteiger partial charge in [-0.3, -0.25) is 9.36 Å². The van der Waals surface area contributed by atoms with E-state index in [1.165, 1.54) is 11.3 Å². The summed E-state index contributed by atoms with van der Waals surface area (Å²) in [6.45, 7) is 2.43. The number of thiazole rings is 1. The smallest absolute Gasteiger partial charge is 0.269 e. The van der Waals surface area contributed by atoms with Crippen molar-refractivity contribution in [1.82, 2.24) is 4.57 Å². The molecule has 4 nitrogen and oxygen atoms in total. The number of aryl methyl sites for hydroxylation is 1. The maximum Gasteiger partial charge on any atom is 0.269 e. The molecule has 27 heavy (non-hydrogen) atoms. The fourth-order valence-corrected chi connectivity index (χ4v) is 5.30. The molecule has 0 amide bonds. The van der Waals surface area contributed by atoms with Crippen molar-refractivity contribution in [2.75, 3.05) is 5.75 Å². The molecule has 0 aliphatic carbocycles. The number of nitriles is 2. The van der Waals surface area contributed by atoms with Crippen LogP contribution in [0.2, 0.25) is 0 Å². The van der Waals surface area contributed by atoms with E-state index < -0.39 is 0 Å². The molecule has 0 spiro atoms. The molecule has 1 aromatic carbocycles. The second-order valence-corrected chi connectivity index (χ2v) is 8.75. The Morgan fingerprint density at radius 3 is 2.59 bits per heavy atom. The van der Waals surface area contributed by atoms with Crippen molar-refractivity contribution in [3.8, 4) is 12.1 Å². The summed E-state index contributed by atoms with van der Waals surface area (Å²) in [4.78, 5) is 15.0. The van der Waals surface area contributed by atoms with Gasteiger partial charge in [0.15, 0.2) is 5.57 Å². The van der Waals surface area contributed by atoms with Gasteiger partial charge in [0.05, 0.1) is 4.53 Å². The van der Waals surface area contributed by atoms with Gasteiger partial charge in [-0.05, 0) is 42.1 Å². The zero-order valence-corrected chi connectivity index (χ0v) is 17.0. The lowest BCUT2D eigenvalue weighted by atomic mass is 10.3. The Kier molecular flexibility index (Phi) is 6.31. The minimum atomic E-state index is -0.153. The highest BCUT2D eigenvalue weighted by Gasteiger charge is 2.10. The normalized spacial score (nSPS) is 11.1. The Morgan fingerprint density at radius 1 is 1.22 bits per heavy atom. The van der Waals surface area contributed by atoms with E-state index in [-0.39, 0.29) is 11.1 Å². The van der Waals surface area contributed by atoms with Gasteiger partial charge in [0, 0.05) is 22.1 Å². The van der Waals surface area contributed by atoms with Crippen LogP contribution in [-0.4, -0.2) is 10.3 Å². The molecular weight excluding hydrogens is 394 g/mol. The zero-order chi connectivity index (χ0) is 19.2. The summed E-state index contributed by atoms with van der Waals surface area (Å²) in [5.41, 5.74) is 0.925. The monoisotopic (exact) mass is 409 g/mol. The highest BCUT2D eigenvalue weighted by molar-refractivity contribution is 7.99. The fraction of sp³-hybridized carbons (Fsp3) is 0.150. The third kappa shape index (κ3) is 4.40. The predicted molar refractivity (Wildman–Crippen MR) is 112 cm³/mol. The van der Waals surface area contributed by atoms with E-state index in [0.717, 1.165) is 15.3 Å². The fourth-order valence-electron chi connectivity index (χ4n) is 2.45. The molecular formula is C20H15N3OS3. The molecule has 0 aliphatic heterocycles. The summed E-state index contributed by atoms with van der Waals surface area (Å²) in [5, 5.41) is 20.5. The number of rotatable bonds is 5. The third-order valence-corrected chi connectivity index (χ3v) is 6.92. The molecule has 0 radical (unpaired) electrons. The number of nitrogens with zero attached hydrogens (tertiary/aromatic N) is 3. The Balaban J connectivity index is 2.02. The maximum atomic E-state index is 12.9. The second kappa shape index (κ2) is 8.88. The van der Waals surface area contributed by atoms with Gasteiger partial charge in [0.1, 0.15) is 16.8 Å². The summed E-state index contributed by atoms with van der Waals surface area (Å²) in [6, 6.07) is 15.8.